The van der Waals surface area contributed by atoms with Crippen LogP contribution in [-0.4, -0.2) is 50.2 Å². The maximum absolute atomic E-state index is 12.5. The van der Waals surface area contributed by atoms with Gasteiger partial charge in [0.05, 0.1) is 0 Å². The van der Waals surface area contributed by atoms with Crippen LogP contribution in [0.4, 0.5) is 0 Å². The molecule has 0 atom stereocenters. The number of ether oxygens (including phenoxy) is 1. The van der Waals surface area contributed by atoms with Gasteiger partial charge < -0.3 is 15.0 Å². The Morgan fingerprint density at radius 1 is 0.900 bits per heavy atom. The summed E-state index contributed by atoms with van der Waals surface area (Å²) in [6, 6.07) is 0. The van der Waals surface area contributed by atoms with Gasteiger partial charge in [0.25, 0.3) is 0 Å². The van der Waals surface area contributed by atoms with E-state index >= 15 is 0 Å². The molecule has 0 radical (unpaired) electrons. The van der Waals surface area contributed by atoms with Gasteiger partial charge in [-0.1, -0.05) is 0 Å². The average Bonchev–Trinajstić information content (AvgIpc) is 2.56. The number of nitrogens with one attached hydrogen (secondary N) is 1. The van der Waals surface area contributed by atoms with Gasteiger partial charge in [-0.15, -0.1) is 0 Å². The molecule has 3 saturated heterocycles. The van der Waals surface area contributed by atoms with E-state index in [2.05, 4.69) is 10.2 Å². The molecule has 3 aliphatic heterocycles. The van der Waals surface area contributed by atoms with E-state index in [1.807, 2.05) is 0 Å². The van der Waals surface area contributed by atoms with Crippen molar-refractivity contribution >= 4 is 5.91 Å². The van der Waals surface area contributed by atoms with Crippen molar-refractivity contribution in [2.45, 2.75) is 38.5 Å². The van der Waals surface area contributed by atoms with E-state index in [1.54, 1.807) is 0 Å². The first-order valence-electron chi connectivity index (χ1n) is 8.42. The quantitative estimate of drug-likeness (QED) is 0.836. The number of carbonyl (C=O) groups excluding carboxylic acids is 1. The van der Waals surface area contributed by atoms with Crippen LogP contribution in [0.15, 0.2) is 0 Å². The lowest BCUT2D eigenvalue weighted by Crippen LogP contribution is -2.45. The second-order valence-electron chi connectivity index (χ2n) is 6.64. The van der Waals surface area contributed by atoms with Crippen LogP contribution in [0.3, 0.4) is 0 Å². The lowest BCUT2D eigenvalue weighted by molar-refractivity contribution is -0.140. The van der Waals surface area contributed by atoms with Gasteiger partial charge in [0.1, 0.15) is 0 Å². The van der Waals surface area contributed by atoms with E-state index in [4.69, 9.17) is 4.74 Å². The summed E-state index contributed by atoms with van der Waals surface area (Å²) in [6.45, 7) is 5.89. The lowest BCUT2D eigenvalue weighted by Gasteiger charge is -2.39. The molecule has 3 heterocycles. The van der Waals surface area contributed by atoms with Crippen molar-refractivity contribution in [1.29, 1.82) is 0 Å². The fourth-order valence-electron chi connectivity index (χ4n) is 4.11. The molecule has 20 heavy (non-hydrogen) atoms. The molecule has 3 rings (SSSR count). The molecule has 1 amide bonds. The van der Waals surface area contributed by atoms with Gasteiger partial charge in [0.15, 0.2) is 0 Å². The van der Waals surface area contributed by atoms with E-state index in [1.165, 1.54) is 38.8 Å². The number of carbonyl (C=O) groups is 1. The largest absolute Gasteiger partial charge is 0.381 e. The number of hydrogen-bond donors (Lipinski definition) is 1. The summed E-state index contributed by atoms with van der Waals surface area (Å²) < 4.78 is 5.36. The molecule has 0 unspecified atom stereocenters. The molecule has 0 aromatic heterocycles. The van der Waals surface area contributed by atoms with Crippen molar-refractivity contribution < 1.29 is 9.53 Å². The lowest BCUT2D eigenvalue weighted by atomic mass is 9.79. The molecule has 0 spiro atoms. The van der Waals surface area contributed by atoms with E-state index in [0.29, 0.717) is 5.91 Å². The molecule has 0 saturated carbocycles. The summed E-state index contributed by atoms with van der Waals surface area (Å²) in [7, 11) is 0. The third-order valence-corrected chi connectivity index (χ3v) is 5.47. The van der Waals surface area contributed by atoms with Crippen molar-refractivity contribution in [3.8, 4) is 0 Å². The van der Waals surface area contributed by atoms with Crippen LogP contribution in [-0.2, 0) is 9.53 Å². The van der Waals surface area contributed by atoms with E-state index in [0.717, 1.165) is 51.0 Å². The topological polar surface area (TPSA) is 41.6 Å². The van der Waals surface area contributed by atoms with Crippen molar-refractivity contribution in [1.82, 2.24) is 10.2 Å². The number of likely N-dealkylation sites (tertiary alicyclic amines) is 1. The standard InChI is InChI=1S/C16H28N2O2/c19-16(15-5-11-20-12-6-15)18-9-3-14(4-10-18)13-1-7-17-8-2-13/h13-15,17H,1-12H2. The van der Waals surface area contributed by atoms with Crippen LogP contribution in [0.2, 0.25) is 0 Å². The smallest absolute Gasteiger partial charge is 0.225 e. The summed E-state index contributed by atoms with van der Waals surface area (Å²) in [6.07, 6.45) is 6.95. The highest BCUT2D eigenvalue weighted by Gasteiger charge is 2.32. The van der Waals surface area contributed by atoms with Crippen molar-refractivity contribution in [2.24, 2.45) is 17.8 Å². The molecule has 4 heteroatoms. The predicted molar refractivity (Wildman–Crippen MR) is 78.4 cm³/mol. The Balaban J connectivity index is 1.46. The fraction of sp³-hybridized carbons (Fsp3) is 0.938. The molecule has 1 N–H and O–H groups in total. The zero-order valence-electron chi connectivity index (χ0n) is 12.5. The zero-order valence-corrected chi connectivity index (χ0v) is 12.5. The first-order chi connectivity index (χ1) is 9.84. The number of rotatable bonds is 2. The number of nitrogens with zero attached hydrogens (tertiary/aromatic N) is 1. The van der Waals surface area contributed by atoms with Gasteiger partial charge in [0, 0.05) is 32.2 Å². The summed E-state index contributed by atoms with van der Waals surface area (Å²) >= 11 is 0. The second kappa shape index (κ2) is 6.90. The summed E-state index contributed by atoms with van der Waals surface area (Å²) in [5.41, 5.74) is 0. The zero-order chi connectivity index (χ0) is 13.8. The van der Waals surface area contributed by atoms with E-state index in [9.17, 15) is 4.79 Å². The van der Waals surface area contributed by atoms with Gasteiger partial charge in [-0.05, 0) is 63.5 Å². The van der Waals surface area contributed by atoms with Crippen LogP contribution in [0, 0.1) is 17.8 Å². The van der Waals surface area contributed by atoms with Gasteiger partial charge in [-0.2, -0.15) is 0 Å². The molecule has 0 aromatic rings. The minimum atomic E-state index is 0.235. The highest BCUT2D eigenvalue weighted by molar-refractivity contribution is 5.79. The number of hydrogen-bond acceptors (Lipinski definition) is 3. The Kier molecular flexibility index (Phi) is 4.94. The van der Waals surface area contributed by atoms with Crippen LogP contribution in [0.25, 0.3) is 0 Å². The SMILES string of the molecule is O=C(C1CCOCC1)N1CCC(C2CCNCC2)CC1. The van der Waals surface area contributed by atoms with Crippen LogP contribution in [0.5, 0.6) is 0 Å². The number of piperidine rings is 2. The Morgan fingerprint density at radius 3 is 2.15 bits per heavy atom. The highest BCUT2D eigenvalue weighted by atomic mass is 16.5. The molecule has 114 valence electrons. The average molecular weight is 280 g/mol. The molecule has 3 fully saturated rings. The summed E-state index contributed by atoms with van der Waals surface area (Å²) in [5, 5.41) is 3.45. The summed E-state index contributed by atoms with van der Waals surface area (Å²) in [4.78, 5) is 14.6. The van der Waals surface area contributed by atoms with E-state index in [-0.39, 0.29) is 5.92 Å². The third kappa shape index (κ3) is 3.34. The second-order valence-corrected chi connectivity index (χ2v) is 6.64. The number of amides is 1. The van der Waals surface area contributed by atoms with Crippen molar-refractivity contribution in [3.63, 3.8) is 0 Å². The van der Waals surface area contributed by atoms with E-state index < -0.39 is 0 Å². The maximum Gasteiger partial charge on any atom is 0.225 e. The predicted octanol–water partition coefficient (Wildman–Crippen LogP) is 1.65. The van der Waals surface area contributed by atoms with Crippen molar-refractivity contribution in [2.75, 3.05) is 39.4 Å². The normalized spacial score (nSPS) is 27.7. The van der Waals surface area contributed by atoms with Crippen molar-refractivity contribution in [3.05, 3.63) is 0 Å². The summed E-state index contributed by atoms with van der Waals surface area (Å²) in [5.74, 6) is 2.39. The molecule has 3 aliphatic rings. The maximum atomic E-state index is 12.5. The monoisotopic (exact) mass is 280 g/mol. The first-order valence-corrected chi connectivity index (χ1v) is 8.42. The Morgan fingerprint density at radius 2 is 1.50 bits per heavy atom. The molecular formula is C16H28N2O2. The third-order valence-electron chi connectivity index (χ3n) is 5.47. The molecule has 4 nitrogen and oxygen atoms in total. The van der Waals surface area contributed by atoms with Gasteiger partial charge in [-0.3, -0.25) is 4.79 Å². The van der Waals surface area contributed by atoms with Crippen LogP contribution < -0.4 is 5.32 Å². The Bertz CT molecular complexity index is 314. The van der Waals surface area contributed by atoms with Crippen LogP contribution in [0.1, 0.15) is 38.5 Å². The molecule has 0 bridgehead atoms. The molecule has 0 aromatic carbocycles. The minimum absolute atomic E-state index is 0.235. The fourth-order valence-corrected chi connectivity index (χ4v) is 4.11. The van der Waals surface area contributed by atoms with Gasteiger partial charge >= 0.3 is 0 Å². The molecule has 0 aliphatic carbocycles. The van der Waals surface area contributed by atoms with Gasteiger partial charge in [-0.25, -0.2) is 0 Å². The minimum Gasteiger partial charge on any atom is -0.381 e. The van der Waals surface area contributed by atoms with Gasteiger partial charge in [0.2, 0.25) is 5.91 Å². The Hall–Kier alpha value is -0.610. The molecular weight excluding hydrogens is 252 g/mol. The van der Waals surface area contributed by atoms with Crippen LogP contribution >= 0.6 is 0 Å². The Labute approximate surface area is 122 Å². The first kappa shape index (κ1) is 14.3. The highest BCUT2D eigenvalue weighted by Crippen LogP contribution is 2.31.